The van der Waals surface area contributed by atoms with Crippen LogP contribution in [0.4, 0.5) is 0 Å². The summed E-state index contributed by atoms with van der Waals surface area (Å²) in [5, 5.41) is 2.67. The second kappa shape index (κ2) is 9.47. The number of hydrogen-bond donors (Lipinski definition) is 2. The number of hydrogen-bond acceptors (Lipinski definition) is 3. The molecule has 5 nitrogen and oxygen atoms in total. The molecule has 0 bridgehead atoms. The maximum atomic E-state index is 12.0. The normalized spacial score (nSPS) is 11.7. The summed E-state index contributed by atoms with van der Waals surface area (Å²) >= 11 is 0. The Balaban J connectivity index is 1.71. The van der Waals surface area contributed by atoms with Gasteiger partial charge in [0.15, 0.2) is 0 Å². The highest BCUT2D eigenvalue weighted by Gasteiger charge is 2.19. The number of amides is 2. The summed E-state index contributed by atoms with van der Waals surface area (Å²) in [6, 6.07) is 18.0. The van der Waals surface area contributed by atoms with E-state index in [0.29, 0.717) is 25.2 Å². The number of carbonyl (C=O) groups excluding carboxylic acids is 2. The fourth-order valence-electron chi connectivity index (χ4n) is 2.30. The van der Waals surface area contributed by atoms with E-state index in [1.807, 2.05) is 36.4 Å². The van der Waals surface area contributed by atoms with Crippen LogP contribution in [-0.2, 0) is 20.9 Å². The van der Waals surface area contributed by atoms with Crippen LogP contribution in [0.1, 0.15) is 30.0 Å². The molecule has 2 aromatic rings. The molecule has 1 atom stereocenters. The molecule has 0 saturated carbocycles. The van der Waals surface area contributed by atoms with E-state index in [0.717, 1.165) is 5.56 Å². The Bertz CT molecular complexity index is 644. The Morgan fingerprint density at radius 1 is 1.00 bits per heavy atom. The summed E-state index contributed by atoms with van der Waals surface area (Å²) in [5.74, 6) is -0.791. The van der Waals surface area contributed by atoms with Crippen molar-refractivity contribution < 1.29 is 14.3 Å². The van der Waals surface area contributed by atoms with Crippen molar-refractivity contribution in [3.05, 3.63) is 71.8 Å². The summed E-state index contributed by atoms with van der Waals surface area (Å²) < 4.78 is 5.54. The number of benzene rings is 2. The predicted molar refractivity (Wildman–Crippen MR) is 91.9 cm³/mol. The van der Waals surface area contributed by atoms with Gasteiger partial charge in [0.25, 0.3) is 0 Å². The highest BCUT2D eigenvalue weighted by Crippen LogP contribution is 2.12. The van der Waals surface area contributed by atoms with Crippen molar-refractivity contribution in [3.63, 3.8) is 0 Å². The highest BCUT2D eigenvalue weighted by molar-refractivity contribution is 5.87. The van der Waals surface area contributed by atoms with E-state index in [9.17, 15) is 9.59 Å². The fourth-order valence-corrected chi connectivity index (χ4v) is 2.30. The molecule has 2 aromatic carbocycles. The molecule has 0 unspecified atom stereocenters. The molecule has 3 N–H and O–H groups in total. The minimum atomic E-state index is -0.802. The van der Waals surface area contributed by atoms with Crippen molar-refractivity contribution in [3.8, 4) is 0 Å². The van der Waals surface area contributed by atoms with Crippen LogP contribution in [0.25, 0.3) is 0 Å². The average Bonchev–Trinajstić information content (AvgIpc) is 2.61. The maximum Gasteiger partial charge on any atom is 0.244 e. The molecule has 0 aromatic heterocycles. The zero-order valence-electron chi connectivity index (χ0n) is 13.5. The van der Waals surface area contributed by atoms with E-state index in [2.05, 4.69) is 5.32 Å². The van der Waals surface area contributed by atoms with Gasteiger partial charge in [0.05, 0.1) is 6.61 Å². The fraction of sp³-hybridized carbons (Fsp3) is 0.263. The van der Waals surface area contributed by atoms with Gasteiger partial charge >= 0.3 is 0 Å². The molecule has 0 saturated heterocycles. The van der Waals surface area contributed by atoms with Gasteiger partial charge in [-0.25, -0.2) is 0 Å². The number of primary amides is 1. The van der Waals surface area contributed by atoms with Gasteiger partial charge in [-0.05, 0) is 17.5 Å². The lowest BCUT2D eigenvalue weighted by Crippen LogP contribution is -2.37. The molecule has 0 spiro atoms. The monoisotopic (exact) mass is 326 g/mol. The van der Waals surface area contributed by atoms with Crippen LogP contribution in [0.3, 0.4) is 0 Å². The summed E-state index contributed by atoms with van der Waals surface area (Å²) in [6.45, 7) is 1.01. The van der Waals surface area contributed by atoms with Crippen LogP contribution >= 0.6 is 0 Å². The summed E-state index contributed by atoms with van der Waals surface area (Å²) in [7, 11) is 0. The van der Waals surface area contributed by atoms with Gasteiger partial charge in [-0.15, -0.1) is 0 Å². The standard InChI is InChI=1S/C19H22N2O3/c20-19(23)18(16-10-5-2-6-11-16)21-17(22)12-7-13-24-14-15-8-3-1-4-9-15/h1-6,8-11,18H,7,12-14H2,(H2,20,23)(H,21,22)/t18-/m0/s1. The number of carbonyl (C=O) groups is 2. The Hall–Kier alpha value is -2.66. The Morgan fingerprint density at radius 3 is 2.25 bits per heavy atom. The van der Waals surface area contributed by atoms with E-state index < -0.39 is 11.9 Å². The molecular weight excluding hydrogens is 304 g/mol. The topological polar surface area (TPSA) is 81.4 Å². The molecule has 0 aliphatic heterocycles. The minimum absolute atomic E-state index is 0.217. The first kappa shape index (κ1) is 17.7. The second-order valence-corrected chi connectivity index (χ2v) is 5.46. The van der Waals surface area contributed by atoms with E-state index in [1.54, 1.807) is 24.3 Å². The second-order valence-electron chi connectivity index (χ2n) is 5.46. The van der Waals surface area contributed by atoms with Crippen molar-refractivity contribution in [2.75, 3.05) is 6.61 Å². The van der Waals surface area contributed by atoms with Crippen LogP contribution in [-0.4, -0.2) is 18.4 Å². The van der Waals surface area contributed by atoms with Crippen LogP contribution in [0.2, 0.25) is 0 Å². The first-order valence-corrected chi connectivity index (χ1v) is 7.92. The highest BCUT2D eigenvalue weighted by atomic mass is 16.5. The Morgan fingerprint density at radius 2 is 1.62 bits per heavy atom. The van der Waals surface area contributed by atoms with Gasteiger partial charge in [-0.3, -0.25) is 9.59 Å². The summed E-state index contributed by atoms with van der Waals surface area (Å²) in [6.07, 6.45) is 0.865. The summed E-state index contributed by atoms with van der Waals surface area (Å²) in [5.41, 5.74) is 7.16. The quantitative estimate of drug-likeness (QED) is 0.694. The molecule has 0 aliphatic carbocycles. The van der Waals surface area contributed by atoms with Gasteiger partial charge in [0.1, 0.15) is 6.04 Å². The van der Waals surface area contributed by atoms with Crippen molar-refractivity contribution in [1.82, 2.24) is 5.32 Å². The molecule has 0 aliphatic rings. The van der Waals surface area contributed by atoms with Gasteiger partial charge in [-0.1, -0.05) is 60.7 Å². The number of ether oxygens (including phenoxy) is 1. The minimum Gasteiger partial charge on any atom is -0.377 e. The van der Waals surface area contributed by atoms with Gasteiger partial charge in [0, 0.05) is 13.0 Å². The molecular formula is C19H22N2O3. The molecule has 126 valence electrons. The van der Waals surface area contributed by atoms with Gasteiger partial charge in [0.2, 0.25) is 11.8 Å². The number of nitrogens with two attached hydrogens (primary N) is 1. The third kappa shape index (κ3) is 5.85. The smallest absolute Gasteiger partial charge is 0.244 e. The molecule has 2 rings (SSSR count). The Kier molecular flexibility index (Phi) is 6.98. The van der Waals surface area contributed by atoms with Crippen LogP contribution in [0.15, 0.2) is 60.7 Å². The zero-order valence-corrected chi connectivity index (χ0v) is 13.5. The first-order chi connectivity index (χ1) is 11.7. The SMILES string of the molecule is NC(=O)[C@@H](NC(=O)CCCOCc1ccccc1)c1ccccc1. The molecule has 5 heteroatoms. The predicted octanol–water partition coefficient (Wildman–Crippen LogP) is 2.33. The third-order valence-corrected chi connectivity index (χ3v) is 3.53. The summed E-state index contributed by atoms with van der Waals surface area (Å²) in [4.78, 5) is 23.5. The third-order valence-electron chi connectivity index (χ3n) is 3.53. The van der Waals surface area contributed by atoms with E-state index >= 15 is 0 Å². The van der Waals surface area contributed by atoms with E-state index in [4.69, 9.17) is 10.5 Å². The lowest BCUT2D eigenvalue weighted by molar-refractivity contribution is -0.127. The van der Waals surface area contributed by atoms with Crippen molar-refractivity contribution in [1.29, 1.82) is 0 Å². The molecule has 0 fully saturated rings. The average molecular weight is 326 g/mol. The van der Waals surface area contributed by atoms with Gasteiger partial charge < -0.3 is 15.8 Å². The largest absolute Gasteiger partial charge is 0.377 e. The molecule has 2 amide bonds. The van der Waals surface area contributed by atoms with E-state index in [1.165, 1.54) is 0 Å². The van der Waals surface area contributed by atoms with Crippen molar-refractivity contribution >= 4 is 11.8 Å². The maximum absolute atomic E-state index is 12.0. The van der Waals surface area contributed by atoms with Crippen LogP contribution < -0.4 is 11.1 Å². The van der Waals surface area contributed by atoms with Gasteiger partial charge in [-0.2, -0.15) is 0 Å². The van der Waals surface area contributed by atoms with Crippen LogP contribution in [0, 0.1) is 0 Å². The van der Waals surface area contributed by atoms with Crippen molar-refractivity contribution in [2.24, 2.45) is 5.73 Å². The molecule has 0 radical (unpaired) electrons. The Labute approximate surface area is 141 Å². The van der Waals surface area contributed by atoms with E-state index in [-0.39, 0.29) is 12.3 Å². The number of rotatable bonds is 9. The zero-order chi connectivity index (χ0) is 17.2. The van der Waals surface area contributed by atoms with Crippen molar-refractivity contribution in [2.45, 2.75) is 25.5 Å². The molecule has 0 heterocycles. The number of nitrogens with one attached hydrogen (secondary N) is 1. The lowest BCUT2D eigenvalue weighted by atomic mass is 10.1. The van der Waals surface area contributed by atoms with Crippen LogP contribution in [0.5, 0.6) is 0 Å². The first-order valence-electron chi connectivity index (χ1n) is 7.92. The molecule has 24 heavy (non-hydrogen) atoms. The lowest BCUT2D eigenvalue weighted by Gasteiger charge is -2.15.